The fraction of sp³-hybridized carbons (Fsp3) is 0.417. The molecule has 0 radical (unpaired) electrons. The number of nitrogens with one attached hydrogen (secondary N) is 4. The summed E-state index contributed by atoms with van der Waals surface area (Å²) >= 11 is 0. The van der Waals surface area contributed by atoms with Crippen LogP contribution in [-0.4, -0.2) is 81.4 Å². The fourth-order valence-electron chi connectivity index (χ4n) is 6.25. The molecule has 1 saturated heterocycles. The van der Waals surface area contributed by atoms with Crippen LogP contribution in [-0.2, 0) is 21.3 Å². The van der Waals surface area contributed by atoms with Crippen LogP contribution >= 0.6 is 0 Å². The van der Waals surface area contributed by atoms with E-state index in [1.165, 1.54) is 0 Å². The normalized spacial score (nSPS) is 21.5. The number of aromatic nitrogens is 5. The lowest BCUT2D eigenvalue weighted by molar-refractivity contribution is -0.111. The van der Waals surface area contributed by atoms with Crippen molar-refractivity contribution in [1.82, 2.24) is 45.4 Å². The van der Waals surface area contributed by atoms with Gasteiger partial charge in [0.05, 0.1) is 17.4 Å². The van der Waals surface area contributed by atoms with E-state index in [0.29, 0.717) is 47.6 Å². The molecule has 14 nitrogen and oxygen atoms in total. The number of pyridine rings is 1. The number of carbonyl (C=O) groups is 3. The summed E-state index contributed by atoms with van der Waals surface area (Å²) in [6.45, 7) is 9.95. The number of nitrogens with zero attached hydrogens (tertiary/aromatic N) is 6. The third-order valence-electron chi connectivity index (χ3n) is 9.04. The largest absolute Gasteiger partial charge is 0.480 e. The third-order valence-corrected chi connectivity index (χ3v) is 9.04. The van der Waals surface area contributed by atoms with Crippen molar-refractivity contribution < 1.29 is 19.1 Å². The maximum absolute atomic E-state index is 13.5. The molecule has 3 aromatic heterocycles. The Morgan fingerprint density at radius 1 is 1.14 bits per heavy atom. The van der Waals surface area contributed by atoms with Crippen LogP contribution in [0.4, 0.5) is 10.6 Å². The van der Waals surface area contributed by atoms with E-state index in [2.05, 4.69) is 48.4 Å². The number of benzene rings is 1. The minimum Gasteiger partial charge on any atom is -0.480 e. The smallest absolute Gasteiger partial charge is 0.321 e. The maximum Gasteiger partial charge on any atom is 0.321 e. The van der Waals surface area contributed by atoms with Gasteiger partial charge in [0.2, 0.25) is 5.82 Å². The molecule has 4 aromatic rings. The van der Waals surface area contributed by atoms with Crippen LogP contribution in [0, 0.1) is 0 Å². The van der Waals surface area contributed by atoms with E-state index in [0.717, 1.165) is 25.2 Å². The van der Waals surface area contributed by atoms with Crippen molar-refractivity contribution in [1.29, 1.82) is 0 Å². The Hall–Kier alpha value is -5.21. The van der Waals surface area contributed by atoms with Crippen molar-refractivity contribution in [3.8, 4) is 5.75 Å². The zero-order valence-electron chi connectivity index (χ0n) is 29.3. The molecule has 1 aromatic carbocycles. The van der Waals surface area contributed by atoms with Gasteiger partial charge in [0.1, 0.15) is 23.2 Å². The molecular weight excluding hydrogens is 636 g/mol. The molecule has 4 heterocycles. The molecule has 6 rings (SSSR count). The van der Waals surface area contributed by atoms with Crippen LogP contribution in [0.15, 0.2) is 60.8 Å². The summed E-state index contributed by atoms with van der Waals surface area (Å²) in [5, 5.41) is 20.7. The second-order valence-corrected chi connectivity index (χ2v) is 14.3. The summed E-state index contributed by atoms with van der Waals surface area (Å²) < 4.78 is 8.43. The Morgan fingerprint density at radius 2 is 1.94 bits per heavy atom. The molecule has 1 fully saturated rings. The lowest BCUT2D eigenvalue weighted by Gasteiger charge is -2.34. The van der Waals surface area contributed by atoms with Crippen molar-refractivity contribution in [2.45, 2.75) is 63.1 Å². The Labute approximate surface area is 291 Å². The van der Waals surface area contributed by atoms with Gasteiger partial charge >= 0.3 is 6.03 Å². The number of hydrogen-bond donors (Lipinski definition) is 4. The number of ether oxygens (including phenoxy) is 1. The number of likely N-dealkylation sites (N-methyl/N-ethyl adjacent to an activating group) is 1. The molecule has 2 aliphatic rings. The number of amides is 3. The van der Waals surface area contributed by atoms with E-state index in [1.54, 1.807) is 30.4 Å². The zero-order valence-corrected chi connectivity index (χ0v) is 29.3. The van der Waals surface area contributed by atoms with Gasteiger partial charge in [-0.2, -0.15) is 0 Å². The number of fused-ring (bicyclic) bond motifs is 2. The highest BCUT2D eigenvalue weighted by molar-refractivity contribution is 5.94. The van der Waals surface area contributed by atoms with Crippen molar-refractivity contribution >= 4 is 29.7 Å². The second-order valence-electron chi connectivity index (χ2n) is 14.3. The first kappa shape index (κ1) is 34.6. The predicted octanol–water partition coefficient (Wildman–Crippen LogP) is 3.61. The number of urea groups is 1. The van der Waals surface area contributed by atoms with Gasteiger partial charge in [-0.05, 0) is 70.3 Å². The van der Waals surface area contributed by atoms with Gasteiger partial charge < -0.3 is 25.6 Å². The number of carbonyl (C=O) groups excluding carboxylic acids is 3. The molecule has 0 unspecified atom stereocenters. The third kappa shape index (κ3) is 7.07. The van der Waals surface area contributed by atoms with Gasteiger partial charge in [-0.1, -0.05) is 45.0 Å². The minimum atomic E-state index is -1.50. The maximum atomic E-state index is 13.5. The van der Waals surface area contributed by atoms with Gasteiger partial charge in [0.15, 0.2) is 17.8 Å². The van der Waals surface area contributed by atoms with Gasteiger partial charge in [-0.3, -0.25) is 19.3 Å². The van der Waals surface area contributed by atoms with Crippen LogP contribution in [0.25, 0.3) is 5.65 Å². The minimum absolute atomic E-state index is 0.0649. The Morgan fingerprint density at radius 3 is 2.66 bits per heavy atom. The Kier molecular flexibility index (Phi) is 9.42. The molecular formula is C36H44N10O4. The van der Waals surface area contributed by atoms with E-state index >= 15 is 0 Å². The summed E-state index contributed by atoms with van der Waals surface area (Å²) in [7, 11) is 3.82. The van der Waals surface area contributed by atoms with Crippen molar-refractivity contribution in [3.63, 3.8) is 0 Å². The molecule has 0 spiro atoms. The lowest BCUT2D eigenvalue weighted by Crippen LogP contribution is -2.49. The first-order valence-electron chi connectivity index (χ1n) is 16.7. The summed E-state index contributed by atoms with van der Waals surface area (Å²) in [4.78, 5) is 50.1. The standard InChI is InChI=1S/C36H44N10O4/c1-34(2,3)27-20-28(40-30(39-27)31(48)37-18-19-45(5)6)41-33(49)42-36(22-47)16-14-26(24-10-7-8-11-25(24)36)50-23-12-13-29-43-44-32(46(29)21-23)35(4)15-9-17-38-35/h7-8,10-14,16,20-22,26,38H,9,15,17-19H2,1-6H3,(H,37,48)(H2,39,40,41,42,49)/t26-,35+,36-/m1/s1. The predicted molar refractivity (Wildman–Crippen MR) is 188 cm³/mol. The highest BCUT2D eigenvalue weighted by Crippen LogP contribution is 2.38. The quantitative estimate of drug-likeness (QED) is 0.144. The van der Waals surface area contributed by atoms with Crippen molar-refractivity contribution in [2.24, 2.45) is 0 Å². The van der Waals surface area contributed by atoms with Crippen LogP contribution < -0.4 is 26.0 Å². The number of anilines is 1. The lowest BCUT2D eigenvalue weighted by atomic mass is 9.81. The van der Waals surface area contributed by atoms with E-state index in [-0.39, 0.29) is 17.2 Å². The van der Waals surface area contributed by atoms with Crippen molar-refractivity contribution in [3.05, 3.63) is 89.3 Å². The van der Waals surface area contributed by atoms with Crippen LogP contribution in [0.5, 0.6) is 5.75 Å². The Bertz CT molecular complexity index is 1940. The van der Waals surface area contributed by atoms with Gasteiger partial charge in [-0.25, -0.2) is 14.8 Å². The molecule has 0 bridgehead atoms. The van der Waals surface area contributed by atoms with Crippen molar-refractivity contribution in [2.75, 3.05) is 39.0 Å². The summed E-state index contributed by atoms with van der Waals surface area (Å²) in [5.41, 5.74) is 0.331. The molecule has 3 atom stereocenters. The first-order valence-corrected chi connectivity index (χ1v) is 16.7. The van der Waals surface area contributed by atoms with E-state index < -0.39 is 29.0 Å². The Balaban J connectivity index is 1.23. The molecule has 262 valence electrons. The van der Waals surface area contributed by atoms with E-state index in [9.17, 15) is 14.4 Å². The summed E-state index contributed by atoms with van der Waals surface area (Å²) in [6, 6.07) is 12.0. The number of aldehydes is 1. The van der Waals surface area contributed by atoms with Gasteiger partial charge in [-0.15, -0.1) is 10.2 Å². The van der Waals surface area contributed by atoms with E-state index in [4.69, 9.17) is 4.74 Å². The number of rotatable bonds is 10. The highest BCUT2D eigenvalue weighted by atomic mass is 16.5. The second kappa shape index (κ2) is 13.6. The molecule has 0 saturated carbocycles. The van der Waals surface area contributed by atoms with Crippen LogP contribution in [0.1, 0.15) is 79.9 Å². The van der Waals surface area contributed by atoms with Crippen LogP contribution in [0.2, 0.25) is 0 Å². The average molecular weight is 681 g/mol. The monoisotopic (exact) mass is 680 g/mol. The first-order chi connectivity index (χ1) is 23.8. The SMILES string of the molecule is CN(C)CCNC(=O)c1nc(NC(=O)N[C@@]2(C=O)C=C[C@@H](Oc3ccc4nnc([C@]5(C)CCCN5)n4c3)c3ccccc32)cc(C(C)(C)C)n1. The molecule has 4 N–H and O–H groups in total. The molecule has 1 aliphatic heterocycles. The van der Waals surface area contributed by atoms with Crippen LogP contribution in [0.3, 0.4) is 0 Å². The topological polar surface area (TPSA) is 168 Å². The molecule has 50 heavy (non-hydrogen) atoms. The molecule has 1 aliphatic carbocycles. The molecule has 3 amide bonds. The zero-order chi connectivity index (χ0) is 35.7. The van der Waals surface area contributed by atoms with Gasteiger partial charge in [0.25, 0.3) is 5.91 Å². The fourth-order valence-corrected chi connectivity index (χ4v) is 6.25. The van der Waals surface area contributed by atoms with E-state index in [1.807, 2.05) is 74.6 Å². The summed E-state index contributed by atoms with van der Waals surface area (Å²) in [5.74, 6) is 1.02. The average Bonchev–Trinajstić information content (AvgIpc) is 3.72. The van der Waals surface area contributed by atoms with Gasteiger partial charge in [0, 0.05) is 30.1 Å². The molecule has 14 heteroatoms. The highest BCUT2D eigenvalue weighted by Gasteiger charge is 2.39. The number of hydrogen-bond acceptors (Lipinski definition) is 10. The summed E-state index contributed by atoms with van der Waals surface area (Å²) in [6.07, 6.45) is 7.41.